The summed E-state index contributed by atoms with van der Waals surface area (Å²) in [5.74, 6) is 0.778. The Labute approximate surface area is 153 Å². The van der Waals surface area contributed by atoms with Crippen LogP contribution in [-0.2, 0) is 11.8 Å². The molecule has 134 valence electrons. The van der Waals surface area contributed by atoms with Crippen molar-refractivity contribution in [1.29, 1.82) is 0 Å². The fourth-order valence-electron chi connectivity index (χ4n) is 3.35. The van der Waals surface area contributed by atoms with Gasteiger partial charge in [-0.3, -0.25) is 4.68 Å². The number of thioether (sulfide) groups is 1. The molecular weight excluding hydrogens is 334 g/mol. The van der Waals surface area contributed by atoms with Crippen molar-refractivity contribution in [2.24, 2.45) is 7.05 Å². The first-order valence-corrected chi connectivity index (χ1v) is 9.25. The van der Waals surface area contributed by atoms with Crippen LogP contribution in [0.25, 0.3) is 0 Å². The molecule has 3 rings (SSSR count). The molecule has 1 aromatic carbocycles. The van der Waals surface area contributed by atoms with Gasteiger partial charge in [0.1, 0.15) is 5.82 Å². The first kappa shape index (κ1) is 17.9. The van der Waals surface area contributed by atoms with Crippen LogP contribution in [0.1, 0.15) is 51.8 Å². The molecule has 0 amide bonds. The number of aromatic nitrogens is 2. The number of hydrogen-bond donors (Lipinski definition) is 1. The largest absolute Gasteiger partial charge is 0.465 e. The zero-order valence-electron chi connectivity index (χ0n) is 15.6. The van der Waals surface area contributed by atoms with Crippen molar-refractivity contribution < 1.29 is 9.53 Å². The quantitative estimate of drug-likeness (QED) is 0.826. The number of aryl methyl sites for hydroxylation is 3. The van der Waals surface area contributed by atoms with E-state index in [0.29, 0.717) is 5.56 Å². The van der Waals surface area contributed by atoms with E-state index in [2.05, 4.69) is 44.2 Å². The van der Waals surface area contributed by atoms with Crippen LogP contribution in [-0.4, -0.2) is 34.2 Å². The van der Waals surface area contributed by atoms with E-state index in [9.17, 15) is 4.79 Å². The maximum atomic E-state index is 11.8. The van der Waals surface area contributed by atoms with Gasteiger partial charge in [0.2, 0.25) is 0 Å². The number of nitrogens with zero attached hydrogens (tertiary/aromatic N) is 2. The average molecular weight is 359 g/mol. The fraction of sp³-hybridized carbons (Fsp3) is 0.474. The molecule has 0 spiro atoms. The number of benzene rings is 1. The molecule has 0 bridgehead atoms. The van der Waals surface area contributed by atoms with Gasteiger partial charge < -0.3 is 10.1 Å². The lowest BCUT2D eigenvalue weighted by Gasteiger charge is -2.27. The number of ether oxygens (including phenoxy) is 1. The number of nitrogens with one attached hydrogen (secondary N) is 1. The third kappa shape index (κ3) is 3.27. The molecule has 1 unspecified atom stereocenters. The van der Waals surface area contributed by atoms with E-state index in [4.69, 9.17) is 4.74 Å². The van der Waals surface area contributed by atoms with Gasteiger partial charge in [0.05, 0.1) is 23.6 Å². The van der Waals surface area contributed by atoms with Crippen molar-refractivity contribution in [3.8, 4) is 0 Å². The SMILES string of the molecule is COC(=O)c1ccc(C2SC(C)(C)CNc3c2c(C)nn3C)c(C)c1. The summed E-state index contributed by atoms with van der Waals surface area (Å²) in [5.41, 5.74) is 5.16. The fourth-order valence-corrected chi connectivity index (χ4v) is 4.93. The molecule has 1 N–H and O–H groups in total. The summed E-state index contributed by atoms with van der Waals surface area (Å²) in [4.78, 5) is 11.8. The lowest BCUT2D eigenvalue weighted by Crippen LogP contribution is -2.26. The van der Waals surface area contributed by atoms with Crippen LogP contribution in [0.15, 0.2) is 18.2 Å². The van der Waals surface area contributed by atoms with Gasteiger partial charge in [-0.15, -0.1) is 11.8 Å². The van der Waals surface area contributed by atoms with Gasteiger partial charge in [-0.1, -0.05) is 6.07 Å². The van der Waals surface area contributed by atoms with Gasteiger partial charge in [-0.2, -0.15) is 5.10 Å². The zero-order valence-corrected chi connectivity index (χ0v) is 16.5. The Morgan fingerprint density at radius 3 is 2.76 bits per heavy atom. The van der Waals surface area contributed by atoms with Crippen LogP contribution in [0.5, 0.6) is 0 Å². The Morgan fingerprint density at radius 2 is 2.12 bits per heavy atom. The molecule has 1 aromatic heterocycles. The van der Waals surface area contributed by atoms with E-state index < -0.39 is 0 Å². The molecule has 0 radical (unpaired) electrons. The van der Waals surface area contributed by atoms with E-state index in [1.165, 1.54) is 18.2 Å². The minimum absolute atomic E-state index is 0.0730. The highest BCUT2D eigenvalue weighted by atomic mass is 32.2. The number of methoxy groups -OCH3 is 1. The van der Waals surface area contributed by atoms with Crippen LogP contribution in [0, 0.1) is 13.8 Å². The standard InChI is InChI=1S/C19H25N3O2S/c1-11-9-13(18(23)24-6)7-8-14(11)16-15-12(2)21-22(5)17(15)20-10-19(3,4)25-16/h7-9,16,20H,10H2,1-6H3. The van der Waals surface area contributed by atoms with Gasteiger partial charge in [-0.25, -0.2) is 4.79 Å². The Bertz CT molecular complexity index is 826. The highest BCUT2D eigenvalue weighted by Crippen LogP contribution is 2.49. The molecular formula is C19H25N3O2S. The molecule has 5 nitrogen and oxygen atoms in total. The van der Waals surface area contributed by atoms with Crippen molar-refractivity contribution in [1.82, 2.24) is 9.78 Å². The normalized spacial score (nSPS) is 18.9. The van der Waals surface area contributed by atoms with Gasteiger partial charge in [-0.05, 0) is 51.0 Å². The lowest BCUT2D eigenvalue weighted by atomic mass is 9.97. The zero-order chi connectivity index (χ0) is 18.4. The second-order valence-electron chi connectivity index (χ2n) is 7.15. The molecule has 25 heavy (non-hydrogen) atoms. The first-order chi connectivity index (χ1) is 11.7. The summed E-state index contributed by atoms with van der Waals surface area (Å²) in [6.45, 7) is 9.50. The number of esters is 1. The maximum absolute atomic E-state index is 11.8. The van der Waals surface area contributed by atoms with Gasteiger partial charge >= 0.3 is 5.97 Å². The van der Waals surface area contributed by atoms with Gasteiger partial charge in [0.15, 0.2) is 0 Å². The number of hydrogen-bond acceptors (Lipinski definition) is 5. The summed E-state index contributed by atoms with van der Waals surface area (Å²) < 4.78 is 6.84. The molecule has 1 atom stereocenters. The summed E-state index contributed by atoms with van der Waals surface area (Å²) >= 11 is 1.93. The molecule has 0 aliphatic carbocycles. The second kappa shape index (κ2) is 6.41. The Kier molecular flexibility index (Phi) is 4.58. The molecule has 0 saturated heterocycles. The molecule has 0 fully saturated rings. The van der Waals surface area contributed by atoms with Crippen LogP contribution in [0.2, 0.25) is 0 Å². The van der Waals surface area contributed by atoms with E-state index in [-0.39, 0.29) is 16.0 Å². The molecule has 2 heterocycles. The Balaban J connectivity index is 2.13. The molecule has 2 aromatic rings. The van der Waals surface area contributed by atoms with Crippen molar-refractivity contribution >= 4 is 23.5 Å². The summed E-state index contributed by atoms with van der Waals surface area (Å²) in [5, 5.41) is 8.35. The van der Waals surface area contributed by atoms with E-state index >= 15 is 0 Å². The molecule has 1 aliphatic rings. The van der Waals surface area contributed by atoms with Crippen LogP contribution in [0.3, 0.4) is 0 Å². The lowest BCUT2D eigenvalue weighted by molar-refractivity contribution is 0.0600. The minimum Gasteiger partial charge on any atom is -0.465 e. The van der Waals surface area contributed by atoms with Crippen LogP contribution in [0.4, 0.5) is 5.82 Å². The Hall–Kier alpha value is -1.95. The first-order valence-electron chi connectivity index (χ1n) is 8.37. The number of carbonyl (C=O) groups excluding carboxylic acids is 1. The third-order valence-electron chi connectivity index (χ3n) is 4.62. The van der Waals surface area contributed by atoms with Gasteiger partial charge in [0, 0.05) is 23.9 Å². The highest BCUT2D eigenvalue weighted by Gasteiger charge is 2.35. The summed E-state index contributed by atoms with van der Waals surface area (Å²) in [6.07, 6.45) is 0. The third-order valence-corrected chi connectivity index (χ3v) is 6.13. The molecule has 0 saturated carbocycles. The van der Waals surface area contributed by atoms with Crippen molar-refractivity contribution in [3.05, 3.63) is 46.1 Å². The van der Waals surface area contributed by atoms with E-state index in [0.717, 1.165) is 23.6 Å². The van der Waals surface area contributed by atoms with E-state index in [1.54, 1.807) is 0 Å². The Morgan fingerprint density at radius 1 is 1.40 bits per heavy atom. The summed E-state index contributed by atoms with van der Waals surface area (Å²) in [7, 11) is 3.39. The number of carbonyl (C=O) groups is 1. The maximum Gasteiger partial charge on any atom is 0.337 e. The van der Waals surface area contributed by atoms with Crippen LogP contribution < -0.4 is 5.32 Å². The number of anilines is 1. The monoisotopic (exact) mass is 359 g/mol. The van der Waals surface area contributed by atoms with Crippen molar-refractivity contribution in [2.45, 2.75) is 37.7 Å². The smallest absolute Gasteiger partial charge is 0.337 e. The second-order valence-corrected chi connectivity index (χ2v) is 8.96. The number of fused-ring (bicyclic) bond motifs is 1. The molecule has 6 heteroatoms. The van der Waals surface area contributed by atoms with Gasteiger partial charge in [0.25, 0.3) is 0 Å². The molecule has 1 aliphatic heterocycles. The topological polar surface area (TPSA) is 56.1 Å². The van der Waals surface area contributed by atoms with Crippen molar-refractivity contribution in [3.63, 3.8) is 0 Å². The predicted octanol–water partition coefficient (Wildman–Crippen LogP) is 3.85. The highest BCUT2D eigenvalue weighted by molar-refractivity contribution is 8.01. The summed E-state index contributed by atoms with van der Waals surface area (Å²) in [6, 6.07) is 5.82. The predicted molar refractivity (Wildman–Crippen MR) is 102 cm³/mol. The van der Waals surface area contributed by atoms with E-state index in [1.807, 2.05) is 35.6 Å². The average Bonchev–Trinajstić information content (AvgIpc) is 2.74. The van der Waals surface area contributed by atoms with Crippen LogP contribution >= 0.6 is 11.8 Å². The van der Waals surface area contributed by atoms with Crippen molar-refractivity contribution in [2.75, 3.05) is 19.0 Å². The number of rotatable bonds is 2. The minimum atomic E-state index is -0.302.